The molecule has 1 heterocycles. The fourth-order valence-electron chi connectivity index (χ4n) is 3.17. The minimum Gasteiger partial charge on any atom is -0.354 e. The van der Waals surface area contributed by atoms with E-state index in [1.165, 1.54) is 37.7 Å². The van der Waals surface area contributed by atoms with Crippen molar-refractivity contribution in [1.29, 1.82) is 0 Å². The normalized spacial score (nSPS) is 17.9. The maximum atomic E-state index is 12.1. The van der Waals surface area contributed by atoms with Gasteiger partial charge in [0.2, 0.25) is 5.91 Å². The van der Waals surface area contributed by atoms with Crippen molar-refractivity contribution in [3.05, 3.63) is 22.4 Å². The zero-order valence-corrected chi connectivity index (χ0v) is 14.1. The van der Waals surface area contributed by atoms with E-state index in [1.54, 1.807) is 11.3 Å². The molecule has 1 aromatic heterocycles. The zero-order valence-electron chi connectivity index (χ0n) is 13.3. The number of nitrogens with one attached hydrogen (secondary N) is 1. The molecule has 0 aliphatic heterocycles. The molecule has 1 aliphatic rings. The third-order valence-corrected chi connectivity index (χ3v) is 5.25. The summed E-state index contributed by atoms with van der Waals surface area (Å²) in [6, 6.07) is 2.42. The molecule has 1 fully saturated rings. The summed E-state index contributed by atoms with van der Waals surface area (Å²) in [4.78, 5) is 14.2. The molecule has 1 unspecified atom stereocenters. The van der Waals surface area contributed by atoms with Crippen molar-refractivity contribution >= 4 is 17.2 Å². The van der Waals surface area contributed by atoms with Gasteiger partial charge in [-0.2, -0.15) is 11.3 Å². The molecule has 1 amide bonds. The van der Waals surface area contributed by atoms with Crippen LogP contribution in [-0.2, 0) is 4.79 Å². The lowest BCUT2D eigenvalue weighted by Crippen LogP contribution is -2.34. The molecule has 1 aromatic rings. The van der Waals surface area contributed by atoms with Crippen LogP contribution in [0.25, 0.3) is 0 Å². The molecule has 0 bridgehead atoms. The zero-order chi connectivity index (χ0) is 15.1. The number of amides is 1. The number of rotatable bonds is 7. The lowest BCUT2D eigenvalue weighted by Gasteiger charge is -2.24. The summed E-state index contributed by atoms with van der Waals surface area (Å²) in [6.07, 6.45) is 8.49. The summed E-state index contributed by atoms with van der Waals surface area (Å²) in [7, 11) is 4.13. The molecule has 4 heteroatoms. The smallest absolute Gasteiger partial charge is 0.220 e. The monoisotopic (exact) mass is 308 g/mol. The standard InChI is InChI=1S/C17H28N2OS/c1-19(2)16(15-10-11-21-13-15)12-18-17(20)9-8-14-6-4-3-5-7-14/h10-11,13-14,16H,3-9,12H2,1-2H3,(H,18,20). The highest BCUT2D eigenvalue weighted by Crippen LogP contribution is 2.27. The highest BCUT2D eigenvalue weighted by molar-refractivity contribution is 7.07. The fourth-order valence-corrected chi connectivity index (χ4v) is 3.88. The van der Waals surface area contributed by atoms with Crippen molar-refractivity contribution in [3.8, 4) is 0 Å². The van der Waals surface area contributed by atoms with E-state index in [0.717, 1.165) is 12.3 Å². The van der Waals surface area contributed by atoms with Gasteiger partial charge in [-0.25, -0.2) is 0 Å². The van der Waals surface area contributed by atoms with Gasteiger partial charge in [-0.1, -0.05) is 32.1 Å². The van der Waals surface area contributed by atoms with Crippen LogP contribution in [0.1, 0.15) is 56.6 Å². The Kier molecular flexibility index (Phi) is 6.71. The van der Waals surface area contributed by atoms with Crippen molar-refractivity contribution in [3.63, 3.8) is 0 Å². The molecule has 0 aromatic carbocycles. The van der Waals surface area contributed by atoms with Crippen LogP contribution in [-0.4, -0.2) is 31.4 Å². The lowest BCUT2D eigenvalue weighted by molar-refractivity contribution is -0.121. The van der Waals surface area contributed by atoms with Gasteiger partial charge in [0.15, 0.2) is 0 Å². The van der Waals surface area contributed by atoms with Crippen molar-refractivity contribution in [1.82, 2.24) is 10.2 Å². The number of hydrogen-bond donors (Lipinski definition) is 1. The van der Waals surface area contributed by atoms with Crippen LogP contribution in [0.2, 0.25) is 0 Å². The first kappa shape index (κ1) is 16.5. The molecule has 3 nitrogen and oxygen atoms in total. The molecule has 2 rings (SSSR count). The van der Waals surface area contributed by atoms with Gasteiger partial charge in [-0.3, -0.25) is 4.79 Å². The van der Waals surface area contributed by atoms with Gasteiger partial charge in [0.1, 0.15) is 0 Å². The van der Waals surface area contributed by atoms with E-state index in [0.29, 0.717) is 13.0 Å². The summed E-state index contributed by atoms with van der Waals surface area (Å²) >= 11 is 1.71. The lowest BCUT2D eigenvalue weighted by atomic mass is 9.86. The van der Waals surface area contributed by atoms with E-state index in [-0.39, 0.29) is 11.9 Å². The van der Waals surface area contributed by atoms with E-state index in [9.17, 15) is 4.79 Å². The molecule has 21 heavy (non-hydrogen) atoms. The SMILES string of the molecule is CN(C)C(CNC(=O)CCC1CCCCC1)c1ccsc1. The molecule has 1 N–H and O–H groups in total. The molecule has 0 saturated heterocycles. The number of thiophene rings is 1. The van der Waals surface area contributed by atoms with Gasteiger partial charge in [0.25, 0.3) is 0 Å². The second-order valence-corrected chi connectivity index (χ2v) is 7.16. The van der Waals surface area contributed by atoms with Crippen LogP contribution in [0.4, 0.5) is 0 Å². The van der Waals surface area contributed by atoms with Gasteiger partial charge in [0.05, 0.1) is 6.04 Å². The average Bonchev–Trinajstić information content (AvgIpc) is 3.00. The first-order valence-corrected chi connectivity index (χ1v) is 9.06. The van der Waals surface area contributed by atoms with Crippen LogP contribution < -0.4 is 5.32 Å². The van der Waals surface area contributed by atoms with Gasteiger partial charge < -0.3 is 10.2 Å². The van der Waals surface area contributed by atoms with Crippen molar-refractivity contribution < 1.29 is 4.79 Å². The summed E-state index contributed by atoms with van der Waals surface area (Å²) in [5, 5.41) is 7.38. The fraction of sp³-hybridized carbons (Fsp3) is 0.706. The number of likely N-dealkylation sites (N-methyl/N-ethyl adjacent to an activating group) is 1. The molecular weight excluding hydrogens is 280 g/mol. The second kappa shape index (κ2) is 8.54. The van der Waals surface area contributed by atoms with Crippen LogP contribution in [0.15, 0.2) is 16.8 Å². The van der Waals surface area contributed by atoms with Crippen LogP contribution in [0, 0.1) is 5.92 Å². The average molecular weight is 308 g/mol. The highest BCUT2D eigenvalue weighted by Gasteiger charge is 2.17. The molecular formula is C17H28N2OS. The van der Waals surface area contributed by atoms with E-state index in [2.05, 4.69) is 41.1 Å². The minimum absolute atomic E-state index is 0.211. The Bertz CT molecular complexity index is 410. The summed E-state index contributed by atoms with van der Waals surface area (Å²) in [5.41, 5.74) is 1.29. The molecule has 0 spiro atoms. The summed E-state index contributed by atoms with van der Waals surface area (Å²) < 4.78 is 0. The Morgan fingerprint density at radius 1 is 1.38 bits per heavy atom. The van der Waals surface area contributed by atoms with E-state index in [1.807, 2.05) is 0 Å². The van der Waals surface area contributed by atoms with Gasteiger partial charge >= 0.3 is 0 Å². The number of nitrogens with zero attached hydrogens (tertiary/aromatic N) is 1. The van der Waals surface area contributed by atoms with Crippen molar-refractivity contribution in [2.45, 2.75) is 51.0 Å². The topological polar surface area (TPSA) is 32.3 Å². The molecule has 1 atom stereocenters. The quantitative estimate of drug-likeness (QED) is 0.830. The molecule has 0 radical (unpaired) electrons. The maximum absolute atomic E-state index is 12.1. The predicted octanol–water partition coefficient (Wildman–Crippen LogP) is 3.83. The van der Waals surface area contributed by atoms with E-state index >= 15 is 0 Å². The summed E-state index contributed by atoms with van der Waals surface area (Å²) in [6.45, 7) is 0.702. The van der Waals surface area contributed by atoms with Gasteiger partial charge in [0, 0.05) is 13.0 Å². The highest BCUT2D eigenvalue weighted by atomic mass is 32.1. The van der Waals surface area contributed by atoms with Gasteiger partial charge in [-0.15, -0.1) is 0 Å². The van der Waals surface area contributed by atoms with Gasteiger partial charge in [-0.05, 0) is 48.8 Å². The third-order valence-electron chi connectivity index (χ3n) is 4.55. The number of carbonyl (C=O) groups is 1. The minimum atomic E-state index is 0.211. The predicted molar refractivity (Wildman–Crippen MR) is 89.6 cm³/mol. The molecule has 1 aliphatic carbocycles. The maximum Gasteiger partial charge on any atom is 0.220 e. The Morgan fingerprint density at radius 2 is 2.14 bits per heavy atom. The van der Waals surface area contributed by atoms with Crippen molar-refractivity contribution in [2.24, 2.45) is 5.92 Å². The summed E-state index contributed by atoms with van der Waals surface area (Å²) in [5.74, 6) is 0.994. The van der Waals surface area contributed by atoms with Crippen molar-refractivity contribution in [2.75, 3.05) is 20.6 Å². The van der Waals surface area contributed by atoms with Crippen LogP contribution in [0.3, 0.4) is 0 Å². The Labute approximate surface area is 132 Å². The van der Waals surface area contributed by atoms with Crippen LogP contribution in [0.5, 0.6) is 0 Å². The Hall–Kier alpha value is -0.870. The van der Waals surface area contributed by atoms with E-state index in [4.69, 9.17) is 0 Å². The largest absolute Gasteiger partial charge is 0.354 e. The van der Waals surface area contributed by atoms with E-state index < -0.39 is 0 Å². The Morgan fingerprint density at radius 3 is 2.76 bits per heavy atom. The first-order valence-electron chi connectivity index (χ1n) is 8.12. The first-order chi connectivity index (χ1) is 10.2. The third kappa shape index (κ3) is 5.44. The molecule has 1 saturated carbocycles. The molecule has 118 valence electrons. The number of carbonyl (C=O) groups excluding carboxylic acids is 1. The Balaban J connectivity index is 1.71. The van der Waals surface area contributed by atoms with Crippen LogP contribution >= 0.6 is 11.3 Å². The second-order valence-electron chi connectivity index (χ2n) is 6.38. The number of hydrogen-bond acceptors (Lipinski definition) is 3.